The van der Waals surface area contributed by atoms with Crippen LogP contribution in [0.3, 0.4) is 0 Å². The van der Waals surface area contributed by atoms with Crippen LogP contribution in [0.5, 0.6) is 0 Å². The van der Waals surface area contributed by atoms with Gasteiger partial charge < -0.3 is 20.1 Å². The van der Waals surface area contributed by atoms with E-state index in [0.717, 1.165) is 135 Å². The molecule has 1 aromatic carbocycles. The van der Waals surface area contributed by atoms with Crippen LogP contribution in [-0.2, 0) is 4.79 Å². The van der Waals surface area contributed by atoms with Gasteiger partial charge in [-0.1, -0.05) is 85.7 Å². The number of aliphatic hydroxyl groups excluding tert-OH is 1. The summed E-state index contributed by atoms with van der Waals surface area (Å²) in [6.45, 7) is 19.7. The Morgan fingerprint density at radius 3 is 1.47 bits per heavy atom. The van der Waals surface area contributed by atoms with Crippen LogP contribution >= 0.6 is 0 Å². The van der Waals surface area contributed by atoms with E-state index in [1.54, 1.807) is 0 Å². The SMILES string of the molecule is CC[C@]1(O)CC[C@@]2(C)[C@@H](CC[C@@H]3[C@@H]2CC[C@]2(C)[C@@H]([C@H](C)CCC(O)c4ccccc4)CC[C@@H]32)C1.CC[C@]1(O)CC[C@@]2(C)[C@@H](CC[C@@H]3[C@@H]2CC[C@]2(C)[C@@H]([C@H](C)CCC=O)CC[C@@H]32)C1. The molecule has 0 aromatic heterocycles. The number of rotatable bonds is 11. The summed E-state index contributed by atoms with van der Waals surface area (Å²) in [5.41, 5.74) is 2.21. The maximum absolute atomic E-state index is 11.1. The Morgan fingerprint density at radius 2 is 1.02 bits per heavy atom. The van der Waals surface area contributed by atoms with Gasteiger partial charge >= 0.3 is 0 Å². The lowest BCUT2D eigenvalue weighted by molar-refractivity contribution is -0.152. The number of benzene rings is 1. The summed E-state index contributed by atoms with van der Waals surface area (Å²) >= 11 is 0. The first-order chi connectivity index (χ1) is 29.5. The lowest BCUT2D eigenvalue weighted by atomic mass is 9.43. The van der Waals surface area contributed by atoms with E-state index in [2.05, 4.69) is 67.5 Å². The zero-order valence-electron chi connectivity index (χ0n) is 41.2. The molecule has 0 radical (unpaired) electrons. The molecule has 0 spiro atoms. The summed E-state index contributed by atoms with van der Waals surface area (Å²) in [5, 5.41) is 32.8. The third-order valence-corrected chi connectivity index (χ3v) is 23.3. The second-order valence-electron chi connectivity index (χ2n) is 25.5. The van der Waals surface area contributed by atoms with Crippen molar-refractivity contribution in [3.8, 4) is 0 Å². The third kappa shape index (κ3) is 8.30. The lowest BCUT2D eigenvalue weighted by Crippen LogP contribution is -2.56. The van der Waals surface area contributed by atoms with E-state index in [1.165, 1.54) is 89.9 Å². The van der Waals surface area contributed by atoms with Gasteiger partial charge in [-0.05, 0) is 246 Å². The van der Waals surface area contributed by atoms with Crippen LogP contribution in [0, 0.1) is 92.7 Å². The topological polar surface area (TPSA) is 77.8 Å². The molecule has 9 rings (SSSR count). The van der Waals surface area contributed by atoms with Crippen molar-refractivity contribution in [1.82, 2.24) is 0 Å². The van der Waals surface area contributed by atoms with Crippen molar-refractivity contribution in [2.24, 2.45) is 92.7 Å². The highest BCUT2D eigenvalue weighted by molar-refractivity contribution is 5.49. The largest absolute Gasteiger partial charge is 0.390 e. The fraction of sp³-hybridized carbons (Fsp3) is 0.879. The van der Waals surface area contributed by atoms with Crippen molar-refractivity contribution in [3.63, 3.8) is 0 Å². The lowest BCUT2D eigenvalue weighted by Gasteiger charge is -2.62. The molecule has 1 aromatic rings. The highest BCUT2D eigenvalue weighted by Gasteiger charge is 2.63. The van der Waals surface area contributed by atoms with Crippen LogP contribution in [0.2, 0.25) is 0 Å². The van der Waals surface area contributed by atoms with Gasteiger partial charge in [0.25, 0.3) is 0 Å². The third-order valence-electron chi connectivity index (χ3n) is 23.3. The molecule has 8 saturated carbocycles. The van der Waals surface area contributed by atoms with Crippen LogP contribution < -0.4 is 0 Å². The summed E-state index contributed by atoms with van der Waals surface area (Å²) in [5.74, 6) is 9.84. The molecule has 0 bridgehead atoms. The summed E-state index contributed by atoms with van der Waals surface area (Å²) in [6, 6.07) is 10.2. The molecule has 0 amide bonds. The maximum Gasteiger partial charge on any atom is 0.120 e. The van der Waals surface area contributed by atoms with Crippen molar-refractivity contribution in [2.75, 3.05) is 0 Å². The second kappa shape index (κ2) is 18.1. The molecular formula is C58H94O4. The number of aliphatic hydroxyl groups is 3. The first kappa shape index (κ1) is 47.3. The average Bonchev–Trinajstić information content (AvgIpc) is 3.82. The molecule has 0 heterocycles. The first-order valence-corrected chi connectivity index (χ1v) is 27.1. The van der Waals surface area contributed by atoms with Gasteiger partial charge in [0.2, 0.25) is 0 Å². The fourth-order valence-corrected chi connectivity index (χ4v) is 19.2. The van der Waals surface area contributed by atoms with Crippen molar-refractivity contribution in [2.45, 2.75) is 227 Å². The predicted molar refractivity (Wildman–Crippen MR) is 255 cm³/mol. The van der Waals surface area contributed by atoms with Crippen LogP contribution in [0.1, 0.15) is 221 Å². The maximum atomic E-state index is 11.1. The molecule has 0 saturated heterocycles. The first-order valence-electron chi connectivity index (χ1n) is 27.1. The summed E-state index contributed by atoms with van der Waals surface area (Å²) in [6.07, 6.45) is 29.8. The fourth-order valence-electron chi connectivity index (χ4n) is 19.2. The zero-order valence-corrected chi connectivity index (χ0v) is 41.2. The Kier molecular flexibility index (Phi) is 13.8. The van der Waals surface area contributed by atoms with Gasteiger partial charge in [-0.2, -0.15) is 0 Å². The van der Waals surface area contributed by atoms with Crippen LogP contribution in [0.25, 0.3) is 0 Å². The zero-order chi connectivity index (χ0) is 44.3. The van der Waals surface area contributed by atoms with Crippen molar-refractivity contribution in [1.29, 1.82) is 0 Å². The van der Waals surface area contributed by atoms with Gasteiger partial charge in [-0.25, -0.2) is 0 Å². The van der Waals surface area contributed by atoms with Crippen LogP contribution in [0.15, 0.2) is 30.3 Å². The summed E-state index contributed by atoms with van der Waals surface area (Å²) in [7, 11) is 0. The number of hydrogen-bond donors (Lipinski definition) is 3. The molecule has 8 fully saturated rings. The van der Waals surface area contributed by atoms with Crippen molar-refractivity contribution < 1.29 is 20.1 Å². The van der Waals surface area contributed by atoms with Crippen LogP contribution in [0.4, 0.5) is 0 Å². The molecule has 19 atom stereocenters. The van der Waals surface area contributed by atoms with Gasteiger partial charge in [0.05, 0.1) is 17.3 Å². The Balaban J connectivity index is 0.000000174. The Bertz CT molecular complexity index is 1660. The van der Waals surface area contributed by atoms with Gasteiger partial charge in [0.15, 0.2) is 0 Å². The number of carbonyl (C=O) groups excluding carboxylic acids is 1. The summed E-state index contributed by atoms with van der Waals surface area (Å²) < 4.78 is 0. The predicted octanol–water partition coefficient (Wildman–Crippen LogP) is 14.3. The van der Waals surface area contributed by atoms with Gasteiger partial charge in [-0.15, -0.1) is 0 Å². The van der Waals surface area contributed by atoms with E-state index in [0.29, 0.717) is 33.5 Å². The van der Waals surface area contributed by atoms with E-state index in [9.17, 15) is 20.1 Å². The smallest absolute Gasteiger partial charge is 0.120 e. The van der Waals surface area contributed by atoms with E-state index >= 15 is 0 Å². The van der Waals surface area contributed by atoms with Gasteiger partial charge in [0.1, 0.15) is 6.29 Å². The molecule has 1 unspecified atom stereocenters. The molecular weight excluding hydrogens is 761 g/mol. The number of aldehydes is 1. The molecule has 62 heavy (non-hydrogen) atoms. The number of fused-ring (bicyclic) bond motifs is 10. The van der Waals surface area contributed by atoms with Crippen molar-refractivity contribution in [3.05, 3.63) is 35.9 Å². The molecule has 3 N–H and O–H groups in total. The molecule has 4 heteroatoms. The van der Waals surface area contributed by atoms with E-state index in [1.807, 2.05) is 18.2 Å². The van der Waals surface area contributed by atoms with Gasteiger partial charge in [-0.3, -0.25) is 0 Å². The molecule has 350 valence electrons. The normalized spacial score (nSPS) is 48.4. The average molecular weight is 855 g/mol. The van der Waals surface area contributed by atoms with E-state index < -0.39 is 5.60 Å². The van der Waals surface area contributed by atoms with E-state index in [-0.39, 0.29) is 11.7 Å². The quantitative estimate of drug-likeness (QED) is 0.194. The Morgan fingerprint density at radius 1 is 0.565 bits per heavy atom. The minimum Gasteiger partial charge on any atom is -0.390 e. The molecule has 0 aliphatic heterocycles. The van der Waals surface area contributed by atoms with Gasteiger partial charge in [0, 0.05) is 6.42 Å². The van der Waals surface area contributed by atoms with Crippen LogP contribution in [-0.4, -0.2) is 32.8 Å². The molecule has 8 aliphatic carbocycles. The number of carbonyl (C=O) groups is 1. The minimum absolute atomic E-state index is 0.326. The van der Waals surface area contributed by atoms with E-state index in [4.69, 9.17) is 0 Å². The second-order valence-corrected chi connectivity index (χ2v) is 25.5. The Hall–Kier alpha value is -1.23. The molecule has 4 nitrogen and oxygen atoms in total. The summed E-state index contributed by atoms with van der Waals surface area (Å²) in [4.78, 5) is 10.9. The monoisotopic (exact) mass is 855 g/mol. The number of hydrogen-bond acceptors (Lipinski definition) is 4. The van der Waals surface area contributed by atoms with Crippen molar-refractivity contribution >= 4 is 6.29 Å². The highest BCUT2D eigenvalue weighted by atomic mass is 16.3. The highest BCUT2D eigenvalue weighted by Crippen LogP contribution is 2.71. The standard InChI is InChI=1S/C32H50O2.C26H44O2/c1-5-32(34)20-19-30(3)24(21-32)12-13-25-27-15-14-26(31(27,4)18-17-28(25)30)22(2)11-16-29(33)23-9-7-6-8-10-23;1-5-26(28)15-14-24(3)19(17-26)8-9-20-22-11-10-21(18(2)7-6-16-27)25(22,4)13-12-23(20)24/h6-10,22,24-29,33-34H,5,11-21H2,1-4H3;16,18-23,28H,5-15,17H2,1-4H3/t22-,24+,25+,26-,27+,28+,29?,30+,31-,32+;18-,19+,20+,21-,22+,23+,24+,25-,26+/m11/s1. The minimum atomic E-state index is -0.390. The Labute approximate surface area is 380 Å². The molecule has 8 aliphatic rings.